The van der Waals surface area contributed by atoms with Gasteiger partial charge in [0.2, 0.25) is 5.91 Å². The minimum atomic E-state index is -0.290. The van der Waals surface area contributed by atoms with Crippen molar-refractivity contribution in [3.05, 3.63) is 35.6 Å². The van der Waals surface area contributed by atoms with E-state index in [1.165, 1.54) is 12.1 Å². The predicted octanol–water partition coefficient (Wildman–Crippen LogP) is 3.18. The smallest absolute Gasteiger partial charge is 0.220 e. The van der Waals surface area contributed by atoms with Crippen molar-refractivity contribution >= 4 is 5.91 Å². The molecule has 1 aromatic carbocycles. The molecule has 0 spiro atoms. The summed E-state index contributed by atoms with van der Waals surface area (Å²) in [6.07, 6.45) is 3.67. The largest absolute Gasteiger partial charge is 0.378 e. The van der Waals surface area contributed by atoms with E-state index in [0.29, 0.717) is 13.0 Å². The zero-order valence-electron chi connectivity index (χ0n) is 12.8. The van der Waals surface area contributed by atoms with Crippen molar-refractivity contribution in [1.82, 2.24) is 5.32 Å². The molecule has 116 valence electrons. The highest BCUT2D eigenvalue weighted by Crippen LogP contribution is 2.23. The van der Waals surface area contributed by atoms with E-state index in [-0.39, 0.29) is 23.2 Å². The third kappa shape index (κ3) is 4.81. The van der Waals surface area contributed by atoms with Gasteiger partial charge in [0.15, 0.2) is 0 Å². The summed E-state index contributed by atoms with van der Waals surface area (Å²) in [5.74, 6) is -0.208. The Morgan fingerprint density at radius 3 is 2.95 bits per heavy atom. The van der Waals surface area contributed by atoms with Crippen molar-refractivity contribution in [2.45, 2.75) is 51.0 Å². The van der Waals surface area contributed by atoms with Gasteiger partial charge in [-0.3, -0.25) is 4.79 Å². The summed E-state index contributed by atoms with van der Waals surface area (Å²) in [4.78, 5) is 11.9. The highest BCUT2D eigenvalue weighted by Gasteiger charge is 2.22. The summed E-state index contributed by atoms with van der Waals surface area (Å²) < 4.78 is 18.8. The fourth-order valence-electron chi connectivity index (χ4n) is 2.58. The summed E-state index contributed by atoms with van der Waals surface area (Å²) in [5.41, 5.74) is 0.601. The molecule has 21 heavy (non-hydrogen) atoms. The monoisotopic (exact) mass is 293 g/mol. The second-order valence-corrected chi connectivity index (χ2v) is 6.34. The highest BCUT2D eigenvalue weighted by molar-refractivity contribution is 5.76. The Kier molecular flexibility index (Phi) is 5.34. The van der Waals surface area contributed by atoms with Gasteiger partial charge in [-0.25, -0.2) is 4.39 Å². The van der Waals surface area contributed by atoms with Crippen LogP contribution in [0, 0.1) is 5.82 Å². The quantitative estimate of drug-likeness (QED) is 0.875. The molecule has 3 nitrogen and oxygen atoms in total. The SMILES string of the molecule is CC(C)(CNC(=O)CC[C@H]1CCCO1)c1cccc(F)c1. The third-order valence-electron chi connectivity index (χ3n) is 4.05. The molecular weight excluding hydrogens is 269 g/mol. The summed E-state index contributed by atoms with van der Waals surface area (Å²) in [6, 6.07) is 6.55. The minimum absolute atomic E-state index is 0.0370. The summed E-state index contributed by atoms with van der Waals surface area (Å²) in [7, 11) is 0. The molecule has 0 aliphatic carbocycles. The second kappa shape index (κ2) is 7.03. The number of rotatable bonds is 6. The van der Waals surface area contributed by atoms with Crippen molar-refractivity contribution in [3.63, 3.8) is 0 Å². The van der Waals surface area contributed by atoms with Gasteiger partial charge in [0.05, 0.1) is 6.10 Å². The van der Waals surface area contributed by atoms with Crippen LogP contribution in [0.3, 0.4) is 0 Å². The van der Waals surface area contributed by atoms with E-state index in [1.54, 1.807) is 6.07 Å². The molecule has 1 saturated heterocycles. The molecule has 0 radical (unpaired) electrons. The van der Waals surface area contributed by atoms with Crippen LogP contribution in [0.25, 0.3) is 0 Å². The average molecular weight is 293 g/mol. The zero-order valence-corrected chi connectivity index (χ0v) is 12.8. The molecule has 0 aromatic heterocycles. The van der Waals surface area contributed by atoms with Gasteiger partial charge in [0.1, 0.15) is 5.82 Å². The molecule has 1 amide bonds. The summed E-state index contributed by atoms with van der Waals surface area (Å²) >= 11 is 0. The molecule has 1 aromatic rings. The topological polar surface area (TPSA) is 38.3 Å². The maximum absolute atomic E-state index is 13.3. The first-order valence-electron chi connectivity index (χ1n) is 7.62. The fraction of sp³-hybridized carbons (Fsp3) is 0.588. The Labute approximate surface area is 125 Å². The zero-order chi connectivity index (χ0) is 15.3. The molecular formula is C17H24FNO2. The Morgan fingerprint density at radius 2 is 2.29 bits per heavy atom. The van der Waals surface area contributed by atoms with E-state index < -0.39 is 0 Å². The highest BCUT2D eigenvalue weighted by atomic mass is 19.1. The molecule has 1 fully saturated rings. The normalized spacial score (nSPS) is 18.7. The number of nitrogens with one attached hydrogen (secondary N) is 1. The van der Waals surface area contributed by atoms with E-state index in [1.807, 2.05) is 19.9 Å². The van der Waals surface area contributed by atoms with Crippen LogP contribution in [0.5, 0.6) is 0 Å². The molecule has 2 rings (SSSR count). The molecule has 0 bridgehead atoms. The Balaban J connectivity index is 1.79. The molecule has 1 atom stereocenters. The van der Waals surface area contributed by atoms with Crippen LogP contribution in [0.1, 0.15) is 45.1 Å². The van der Waals surface area contributed by atoms with E-state index in [2.05, 4.69) is 5.32 Å². The number of carbonyl (C=O) groups excluding carboxylic acids is 1. The van der Waals surface area contributed by atoms with Crippen LogP contribution >= 0.6 is 0 Å². The number of halogens is 1. The van der Waals surface area contributed by atoms with Gasteiger partial charge < -0.3 is 10.1 Å². The lowest BCUT2D eigenvalue weighted by Gasteiger charge is -2.25. The lowest BCUT2D eigenvalue weighted by molar-refractivity contribution is -0.121. The summed E-state index contributed by atoms with van der Waals surface area (Å²) in [6.45, 7) is 5.32. The van der Waals surface area contributed by atoms with Gasteiger partial charge in [0.25, 0.3) is 0 Å². The van der Waals surface area contributed by atoms with E-state index in [4.69, 9.17) is 4.74 Å². The molecule has 1 N–H and O–H groups in total. The number of carbonyl (C=O) groups is 1. The fourth-order valence-corrected chi connectivity index (χ4v) is 2.58. The molecule has 1 heterocycles. The maximum atomic E-state index is 13.3. The van der Waals surface area contributed by atoms with Gasteiger partial charge in [-0.15, -0.1) is 0 Å². The van der Waals surface area contributed by atoms with Crippen LogP contribution in [0.2, 0.25) is 0 Å². The van der Waals surface area contributed by atoms with Gasteiger partial charge in [-0.1, -0.05) is 26.0 Å². The lowest BCUT2D eigenvalue weighted by Crippen LogP contribution is -2.36. The Morgan fingerprint density at radius 1 is 1.48 bits per heavy atom. The van der Waals surface area contributed by atoms with Gasteiger partial charge >= 0.3 is 0 Å². The Hall–Kier alpha value is -1.42. The van der Waals surface area contributed by atoms with E-state index in [9.17, 15) is 9.18 Å². The van der Waals surface area contributed by atoms with Crippen LogP contribution in [-0.4, -0.2) is 25.2 Å². The second-order valence-electron chi connectivity index (χ2n) is 6.34. The molecule has 0 unspecified atom stereocenters. The Bertz CT molecular complexity index is 481. The standard InChI is InChI=1S/C17H24FNO2/c1-17(2,13-5-3-6-14(18)11-13)12-19-16(20)9-8-15-7-4-10-21-15/h3,5-6,11,15H,4,7-10,12H2,1-2H3,(H,19,20)/t15-/m1/s1. The first-order chi connectivity index (χ1) is 9.97. The average Bonchev–Trinajstić information content (AvgIpc) is 2.96. The van der Waals surface area contributed by atoms with Gasteiger partial charge in [0, 0.05) is 25.0 Å². The van der Waals surface area contributed by atoms with Gasteiger partial charge in [-0.05, 0) is 37.0 Å². The van der Waals surface area contributed by atoms with Crippen LogP contribution in [0.4, 0.5) is 4.39 Å². The third-order valence-corrected chi connectivity index (χ3v) is 4.05. The van der Waals surface area contributed by atoms with E-state index >= 15 is 0 Å². The van der Waals surface area contributed by atoms with Crippen molar-refractivity contribution < 1.29 is 13.9 Å². The van der Waals surface area contributed by atoms with Crippen molar-refractivity contribution in [2.75, 3.05) is 13.2 Å². The predicted molar refractivity (Wildman–Crippen MR) is 80.6 cm³/mol. The van der Waals surface area contributed by atoms with E-state index in [0.717, 1.165) is 31.4 Å². The molecule has 0 saturated carbocycles. The van der Waals surface area contributed by atoms with Crippen molar-refractivity contribution in [3.8, 4) is 0 Å². The summed E-state index contributed by atoms with van der Waals surface area (Å²) in [5, 5.41) is 2.95. The van der Waals surface area contributed by atoms with Crippen LogP contribution in [0.15, 0.2) is 24.3 Å². The number of hydrogen-bond acceptors (Lipinski definition) is 2. The molecule has 4 heteroatoms. The molecule has 1 aliphatic heterocycles. The lowest BCUT2D eigenvalue weighted by atomic mass is 9.84. The van der Waals surface area contributed by atoms with Crippen molar-refractivity contribution in [1.29, 1.82) is 0 Å². The number of amides is 1. The van der Waals surface area contributed by atoms with Crippen LogP contribution in [-0.2, 0) is 14.9 Å². The minimum Gasteiger partial charge on any atom is -0.378 e. The first-order valence-corrected chi connectivity index (χ1v) is 7.62. The number of benzene rings is 1. The number of ether oxygens (including phenoxy) is 1. The van der Waals surface area contributed by atoms with Crippen LogP contribution < -0.4 is 5.32 Å². The van der Waals surface area contributed by atoms with Gasteiger partial charge in [-0.2, -0.15) is 0 Å². The number of hydrogen-bond donors (Lipinski definition) is 1. The maximum Gasteiger partial charge on any atom is 0.220 e. The molecule has 1 aliphatic rings. The van der Waals surface area contributed by atoms with Crippen molar-refractivity contribution in [2.24, 2.45) is 0 Å². The first kappa shape index (κ1) is 16.0.